The third-order valence-electron chi connectivity index (χ3n) is 4.36. The first kappa shape index (κ1) is 22.1. The number of carbonyl (C=O) groups is 1. The van der Waals surface area contributed by atoms with Crippen molar-refractivity contribution in [1.82, 2.24) is 0 Å². The minimum absolute atomic E-state index is 0.115. The first-order valence-corrected chi connectivity index (χ1v) is 12.5. The molecule has 0 fully saturated rings. The van der Waals surface area contributed by atoms with E-state index < -0.39 is 3.54 Å². The van der Waals surface area contributed by atoms with Gasteiger partial charge < -0.3 is 0 Å². The van der Waals surface area contributed by atoms with Crippen LogP contribution >= 0.6 is 46.9 Å². The first-order valence-electron chi connectivity index (χ1n) is 9.68. The van der Waals surface area contributed by atoms with Gasteiger partial charge in [0, 0.05) is 25.1 Å². The molecule has 0 atom stereocenters. The van der Waals surface area contributed by atoms with Crippen molar-refractivity contribution in [2.75, 3.05) is 0 Å². The number of halogens is 1. The molecule has 1 nitrogen and oxygen atoms in total. The number of carbonyl (C=O) groups excluding carboxylic acids is 1. The van der Waals surface area contributed by atoms with Crippen molar-refractivity contribution in [1.29, 1.82) is 0 Å². The van der Waals surface area contributed by atoms with Gasteiger partial charge in [0.2, 0.25) is 9.32 Å². The molecule has 0 aromatic heterocycles. The highest BCUT2D eigenvalue weighted by Crippen LogP contribution is 2.51. The van der Waals surface area contributed by atoms with E-state index in [-0.39, 0.29) is 5.78 Å². The zero-order chi connectivity index (χ0) is 21.5. The summed E-state index contributed by atoms with van der Waals surface area (Å²) >= 11 is 11.5. The molecule has 4 rings (SSSR count). The van der Waals surface area contributed by atoms with Crippen LogP contribution in [0.25, 0.3) is 0 Å². The van der Waals surface area contributed by atoms with E-state index in [0.717, 1.165) is 19.6 Å². The molecule has 154 valence electrons. The molecular weight excluding hydrogens is 460 g/mol. The number of hydrogen-bond acceptors (Lipinski definition) is 4. The Balaban J connectivity index is 1.70. The fourth-order valence-corrected chi connectivity index (χ4v) is 6.86. The lowest BCUT2D eigenvalue weighted by Crippen LogP contribution is -2.25. The SMILES string of the molecule is O=C(c1ccccc1Sc1ccccc1)C(Cl)(Sc1ccccc1)Sc1ccccc1. The Morgan fingerprint density at radius 2 is 1.00 bits per heavy atom. The molecule has 0 unspecified atom stereocenters. The summed E-state index contributed by atoms with van der Waals surface area (Å²) in [6, 6.07) is 37.4. The number of benzene rings is 4. The van der Waals surface area contributed by atoms with Crippen molar-refractivity contribution >= 4 is 52.7 Å². The summed E-state index contributed by atoms with van der Waals surface area (Å²) in [5.41, 5.74) is 0.623. The van der Waals surface area contributed by atoms with Crippen LogP contribution in [0.4, 0.5) is 0 Å². The van der Waals surface area contributed by atoms with E-state index in [1.165, 1.54) is 23.5 Å². The molecule has 0 saturated carbocycles. The van der Waals surface area contributed by atoms with Crippen molar-refractivity contribution < 1.29 is 4.79 Å². The Bertz CT molecular complexity index is 1090. The predicted molar refractivity (Wildman–Crippen MR) is 135 cm³/mol. The normalized spacial score (nSPS) is 11.3. The van der Waals surface area contributed by atoms with Crippen molar-refractivity contribution in [2.24, 2.45) is 0 Å². The minimum Gasteiger partial charge on any atom is -0.290 e. The second kappa shape index (κ2) is 10.5. The molecular formula is C26H19ClOS3. The molecule has 0 aliphatic heterocycles. The molecule has 0 heterocycles. The first-order chi connectivity index (χ1) is 15.1. The van der Waals surface area contributed by atoms with Crippen LogP contribution in [-0.4, -0.2) is 9.32 Å². The van der Waals surface area contributed by atoms with E-state index >= 15 is 0 Å². The monoisotopic (exact) mass is 478 g/mol. The molecule has 0 aliphatic carbocycles. The van der Waals surface area contributed by atoms with Gasteiger partial charge in [0.25, 0.3) is 0 Å². The summed E-state index contributed by atoms with van der Waals surface area (Å²) in [5, 5.41) is 0. The number of ketones is 1. The maximum atomic E-state index is 13.9. The lowest BCUT2D eigenvalue weighted by atomic mass is 10.1. The molecule has 0 aliphatic rings. The number of hydrogen-bond donors (Lipinski definition) is 0. The van der Waals surface area contributed by atoms with Crippen LogP contribution in [0, 0.1) is 0 Å². The fraction of sp³-hybridized carbons (Fsp3) is 0.0385. The Hall–Kier alpha value is -2.11. The Kier molecular flexibility index (Phi) is 7.46. The van der Waals surface area contributed by atoms with E-state index in [2.05, 4.69) is 0 Å². The number of rotatable bonds is 8. The van der Waals surface area contributed by atoms with Gasteiger partial charge in [0.15, 0.2) is 0 Å². The molecule has 0 N–H and O–H groups in total. The molecule has 0 bridgehead atoms. The van der Waals surface area contributed by atoms with Gasteiger partial charge in [0.1, 0.15) is 0 Å². The number of thioether (sulfide) groups is 2. The van der Waals surface area contributed by atoms with Gasteiger partial charge in [0.05, 0.1) is 0 Å². The van der Waals surface area contributed by atoms with Crippen LogP contribution in [0.3, 0.4) is 0 Å². The third kappa shape index (κ3) is 5.78. The smallest absolute Gasteiger partial charge is 0.207 e. The molecule has 0 saturated heterocycles. The molecule has 31 heavy (non-hydrogen) atoms. The molecule has 4 aromatic carbocycles. The largest absolute Gasteiger partial charge is 0.290 e. The average molecular weight is 479 g/mol. The summed E-state index contributed by atoms with van der Waals surface area (Å²) in [6.45, 7) is 0. The van der Waals surface area contributed by atoms with Crippen LogP contribution in [-0.2, 0) is 0 Å². The van der Waals surface area contributed by atoms with Crippen LogP contribution in [0.15, 0.2) is 135 Å². The molecule has 0 spiro atoms. The van der Waals surface area contributed by atoms with Gasteiger partial charge in [-0.1, -0.05) is 120 Å². The maximum absolute atomic E-state index is 13.9. The molecule has 0 radical (unpaired) electrons. The topological polar surface area (TPSA) is 17.1 Å². The van der Waals surface area contributed by atoms with Crippen LogP contribution in [0.1, 0.15) is 10.4 Å². The zero-order valence-corrected chi connectivity index (χ0v) is 19.7. The highest BCUT2D eigenvalue weighted by molar-refractivity contribution is 8.21. The molecule has 5 heteroatoms. The van der Waals surface area contributed by atoms with Crippen molar-refractivity contribution in [3.05, 3.63) is 121 Å². The van der Waals surface area contributed by atoms with Crippen LogP contribution in [0.5, 0.6) is 0 Å². The van der Waals surface area contributed by atoms with Crippen molar-refractivity contribution in [2.45, 2.75) is 23.1 Å². The second-order valence-electron chi connectivity index (χ2n) is 6.61. The van der Waals surface area contributed by atoms with Gasteiger partial charge in [-0.3, -0.25) is 4.79 Å². The highest BCUT2D eigenvalue weighted by Gasteiger charge is 2.40. The van der Waals surface area contributed by atoms with E-state index in [9.17, 15) is 4.79 Å². The Labute approximate surface area is 200 Å². The Morgan fingerprint density at radius 3 is 1.52 bits per heavy atom. The second-order valence-corrected chi connectivity index (χ2v) is 11.6. The fourth-order valence-electron chi connectivity index (χ4n) is 2.91. The molecule has 0 amide bonds. The lowest BCUT2D eigenvalue weighted by Gasteiger charge is -2.25. The van der Waals surface area contributed by atoms with E-state index in [1.807, 2.05) is 115 Å². The summed E-state index contributed by atoms with van der Waals surface area (Å²) in [6.07, 6.45) is 0. The van der Waals surface area contributed by atoms with Gasteiger partial charge in [-0.15, -0.1) is 0 Å². The van der Waals surface area contributed by atoms with E-state index in [1.54, 1.807) is 11.8 Å². The van der Waals surface area contributed by atoms with Crippen LogP contribution in [0.2, 0.25) is 0 Å². The van der Waals surface area contributed by atoms with Gasteiger partial charge in [-0.25, -0.2) is 0 Å². The number of Topliss-reactive ketones (excluding diaryl/α,β-unsaturated/α-hetero) is 1. The summed E-state index contributed by atoms with van der Waals surface area (Å²) < 4.78 is -1.24. The van der Waals surface area contributed by atoms with Crippen molar-refractivity contribution in [3.63, 3.8) is 0 Å². The molecule has 4 aromatic rings. The predicted octanol–water partition coefficient (Wildman–Crippen LogP) is 8.50. The highest BCUT2D eigenvalue weighted by atomic mass is 35.5. The van der Waals surface area contributed by atoms with E-state index in [4.69, 9.17) is 11.6 Å². The zero-order valence-electron chi connectivity index (χ0n) is 16.5. The standard InChI is InChI=1S/C26H19ClOS3/c27-26(30-21-14-6-2-7-15-21,31-22-16-8-3-9-17-22)25(28)23-18-10-11-19-24(23)29-20-12-4-1-5-13-20/h1-19H. The number of alkyl halides is 1. The third-order valence-corrected chi connectivity index (χ3v) is 8.49. The van der Waals surface area contributed by atoms with Gasteiger partial charge in [-0.05, 0) is 42.5 Å². The van der Waals surface area contributed by atoms with Gasteiger partial charge in [-0.2, -0.15) is 0 Å². The summed E-state index contributed by atoms with van der Waals surface area (Å²) in [7, 11) is 0. The quantitative estimate of drug-likeness (QED) is 0.109. The lowest BCUT2D eigenvalue weighted by molar-refractivity contribution is 0.0997. The van der Waals surface area contributed by atoms with Crippen molar-refractivity contribution in [3.8, 4) is 0 Å². The minimum atomic E-state index is -1.24. The summed E-state index contributed by atoms with van der Waals surface area (Å²) in [5.74, 6) is -0.115. The maximum Gasteiger partial charge on any atom is 0.207 e. The average Bonchev–Trinajstić information content (AvgIpc) is 2.81. The Morgan fingerprint density at radius 1 is 0.581 bits per heavy atom. The summed E-state index contributed by atoms with van der Waals surface area (Å²) in [4.78, 5) is 17.8. The van der Waals surface area contributed by atoms with Crippen LogP contribution < -0.4 is 0 Å². The van der Waals surface area contributed by atoms with E-state index in [0.29, 0.717) is 5.56 Å². The van der Waals surface area contributed by atoms with Gasteiger partial charge >= 0.3 is 0 Å².